The molecule has 3 amide bonds. The molecule has 13 heteroatoms. The first-order chi connectivity index (χ1) is 20.5. The van der Waals surface area contributed by atoms with Crippen LogP contribution in [0.25, 0.3) is 0 Å². The van der Waals surface area contributed by atoms with Gasteiger partial charge < -0.3 is 10.6 Å². The maximum Gasteiger partial charge on any atom is 0.252 e. The van der Waals surface area contributed by atoms with Gasteiger partial charge in [-0.2, -0.15) is 5.26 Å². The van der Waals surface area contributed by atoms with Gasteiger partial charge >= 0.3 is 0 Å². The Kier molecular flexibility index (Phi) is 8.37. The van der Waals surface area contributed by atoms with Crippen molar-refractivity contribution in [2.75, 3.05) is 10.2 Å². The van der Waals surface area contributed by atoms with Crippen molar-refractivity contribution in [1.29, 1.82) is 5.26 Å². The number of halogens is 4. The Bertz CT molecular complexity index is 1610. The average Bonchev–Trinajstić information content (AvgIpc) is 3.32. The molecule has 2 aliphatic rings. The van der Waals surface area contributed by atoms with E-state index < -0.39 is 59.8 Å². The van der Waals surface area contributed by atoms with Crippen molar-refractivity contribution in [3.05, 3.63) is 82.9 Å². The number of hydrogen-bond donors (Lipinski definition) is 2. The SMILES string of the molecule is N#Cc1ccnc(N2C(=O)CCC2(C(=O)Nc2cccc(F)c2)[C@@H](C(=O)NC2CCC(F)(F)CC2)c2ccccc2Cl)n1. The molecule has 1 aromatic heterocycles. The molecule has 2 atom stereocenters. The summed E-state index contributed by atoms with van der Waals surface area (Å²) >= 11 is 6.61. The number of carbonyl (C=O) groups is 3. The molecule has 2 heterocycles. The minimum Gasteiger partial charge on any atom is -0.353 e. The van der Waals surface area contributed by atoms with Crippen LogP contribution in [0.2, 0.25) is 5.02 Å². The predicted molar refractivity (Wildman–Crippen MR) is 151 cm³/mol. The van der Waals surface area contributed by atoms with Crippen molar-refractivity contribution >= 4 is 41.0 Å². The van der Waals surface area contributed by atoms with Gasteiger partial charge in [0.2, 0.25) is 23.7 Å². The van der Waals surface area contributed by atoms with E-state index in [1.165, 1.54) is 42.6 Å². The average molecular weight is 611 g/mol. The molecule has 3 aromatic rings. The fourth-order valence-corrected chi connectivity index (χ4v) is 6.02. The Balaban J connectivity index is 1.67. The molecule has 43 heavy (non-hydrogen) atoms. The summed E-state index contributed by atoms with van der Waals surface area (Å²) in [5.41, 5.74) is -1.91. The highest BCUT2D eigenvalue weighted by molar-refractivity contribution is 6.32. The Morgan fingerprint density at radius 1 is 1.09 bits per heavy atom. The van der Waals surface area contributed by atoms with Crippen molar-refractivity contribution in [1.82, 2.24) is 15.3 Å². The minimum atomic E-state index is -2.84. The topological polar surface area (TPSA) is 128 Å². The van der Waals surface area contributed by atoms with E-state index in [9.17, 15) is 32.8 Å². The summed E-state index contributed by atoms with van der Waals surface area (Å²) in [7, 11) is 0. The highest BCUT2D eigenvalue weighted by Gasteiger charge is 2.61. The van der Waals surface area contributed by atoms with Crippen LogP contribution in [0.5, 0.6) is 0 Å². The number of alkyl halides is 2. The maximum absolute atomic E-state index is 14.5. The Morgan fingerprint density at radius 3 is 2.53 bits per heavy atom. The quantitative estimate of drug-likeness (QED) is 0.382. The van der Waals surface area contributed by atoms with Crippen LogP contribution in [0, 0.1) is 17.1 Å². The molecule has 0 bridgehead atoms. The van der Waals surface area contributed by atoms with Gasteiger partial charge in [0, 0.05) is 42.2 Å². The van der Waals surface area contributed by atoms with E-state index in [-0.39, 0.29) is 53.6 Å². The van der Waals surface area contributed by atoms with E-state index >= 15 is 0 Å². The second kappa shape index (κ2) is 12.0. The van der Waals surface area contributed by atoms with Crippen LogP contribution in [0.1, 0.15) is 55.7 Å². The van der Waals surface area contributed by atoms with Crippen molar-refractivity contribution in [3.8, 4) is 6.07 Å². The number of anilines is 2. The van der Waals surface area contributed by atoms with Gasteiger partial charge in [-0.1, -0.05) is 35.9 Å². The maximum atomic E-state index is 14.5. The van der Waals surface area contributed by atoms with E-state index in [0.29, 0.717) is 0 Å². The highest BCUT2D eigenvalue weighted by atomic mass is 35.5. The lowest BCUT2D eigenvalue weighted by Gasteiger charge is -2.42. The summed E-state index contributed by atoms with van der Waals surface area (Å²) in [6.45, 7) is 0. The first kappa shape index (κ1) is 30.0. The van der Waals surface area contributed by atoms with Gasteiger partial charge in [-0.25, -0.2) is 23.1 Å². The van der Waals surface area contributed by atoms with Crippen LogP contribution >= 0.6 is 11.6 Å². The van der Waals surface area contributed by atoms with Crippen LogP contribution in [-0.4, -0.2) is 45.2 Å². The highest BCUT2D eigenvalue weighted by Crippen LogP contribution is 2.47. The van der Waals surface area contributed by atoms with Gasteiger partial charge in [0.25, 0.3) is 5.91 Å². The molecule has 1 aliphatic carbocycles. The van der Waals surface area contributed by atoms with Crippen molar-refractivity contribution in [2.45, 2.75) is 61.9 Å². The van der Waals surface area contributed by atoms with Crippen LogP contribution in [-0.2, 0) is 14.4 Å². The number of carbonyl (C=O) groups excluding carboxylic acids is 3. The van der Waals surface area contributed by atoms with Crippen LogP contribution < -0.4 is 15.5 Å². The number of nitrogens with one attached hydrogen (secondary N) is 2. The smallest absolute Gasteiger partial charge is 0.252 e. The fraction of sp³-hybridized carbons (Fsp3) is 0.333. The number of rotatable bonds is 7. The number of nitriles is 1. The lowest BCUT2D eigenvalue weighted by atomic mass is 9.75. The van der Waals surface area contributed by atoms with Crippen LogP contribution in [0.15, 0.2) is 60.8 Å². The first-order valence-electron chi connectivity index (χ1n) is 13.6. The summed E-state index contributed by atoms with van der Waals surface area (Å²) in [6.07, 6.45) is 0.00572. The van der Waals surface area contributed by atoms with Crippen LogP contribution in [0.4, 0.5) is 24.8 Å². The molecule has 2 aromatic carbocycles. The summed E-state index contributed by atoms with van der Waals surface area (Å²) in [6, 6.07) is 13.9. The van der Waals surface area contributed by atoms with Crippen molar-refractivity contribution in [3.63, 3.8) is 0 Å². The molecule has 1 aliphatic heterocycles. The summed E-state index contributed by atoms with van der Waals surface area (Å²) in [5.74, 6) is -7.44. The molecule has 1 saturated heterocycles. The molecule has 2 fully saturated rings. The van der Waals surface area contributed by atoms with Gasteiger partial charge in [0.05, 0.1) is 5.92 Å². The molecule has 222 valence electrons. The monoisotopic (exact) mass is 610 g/mol. The molecule has 0 radical (unpaired) electrons. The molecule has 1 unspecified atom stereocenters. The van der Waals surface area contributed by atoms with Crippen LogP contribution in [0.3, 0.4) is 0 Å². The molecule has 1 saturated carbocycles. The van der Waals surface area contributed by atoms with Gasteiger partial charge in [-0.3, -0.25) is 19.3 Å². The van der Waals surface area contributed by atoms with Gasteiger partial charge in [0.15, 0.2) is 0 Å². The van der Waals surface area contributed by atoms with E-state index in [0.717, 1.165) is 11.0 Å². The van der Waals surface area contributed by atoms with E-state index in [1.807, 2.05) is 6.07 Å². The Morgan fingerprint density at radius 2 is 1.84 bits per heavy atom. The minimum absolute atomic E-state index is 0.00639. The summed E-state index contributed by atoms with van der Waals surface area (Å²) < 4.78 is 41.9. The number of hydrogen-bond acceptors (Lipinski definition) is 6. The number of nitrogens with zero attached hydrogens (tertiary/aromatic N) is 4. The number of benzene rings is 2. The zero-order chi connectivity index (χ0) is 30.8. The molecular weight excluding hydrogens is 585 g/mol. The van der Waals surface area contributed by atoms with Crippen molar-refractivity contribution < 1.29 is 27.6 Å². The second-order valence-corrected chi connectivity index (χ2v) is 11.0. The third-order valence-electron chi connectivity index (χ3n) is 7.82. The van der Waals surface area contributed by atoms with Gasteiger partial charge in [-0.05, 0) is 55.2 Å². The Hall–Kier alpha value is -4.50. The predicted octanol–water partition coefficient (Wildman–Crippen LogP) is 5.12. The summed E-state index contributed by atoms with van der Waals surface area (Å²) in [4.78, 5) is 51.7. The van der Waals surface area contributed by atoms with E-state index in [4.69, 9.17) is 11.6 Å². The second-order valence-electron chi connectivity index (χ2n) is 10.6. The largest absolute Gasteiger partial charge is 0.353 e. The number of aromatic nitrogens is 2. The fourth-order valence-electron chi connectivity index (χ4n) is 5.77. The molecule has 0 spiro atoms. The third-order valence-corrected chi connectivity index (χ3v) is 8.17. The summed E-state index contributed by atoms with van der Waals surface area (Å²) in [5, 5.41) is 15.0. The third kappa shape index (κ3) is 6.03. The Labute approximate surface area is 250 Å². The first-order valence-corrected chi connectivity index (χ1v) is 14.0. The van der Waals surface area contributed by atoms with E-state index in [1.54, 1.807) is 12.1 Å². The van der Waals surface area contributed by atoms with E-state index in [2.05, 4.69) is 20.6 Å². The number of amides is 3. The molecule has 9 nitrogen and oxygen atoms in total. The standard InChI is InChI=1S/C30H26ClF3N6O3/c31-23-7-2-1-6-22(23)25(26(42)37-19-8-12-29(33,34)13-9-19)30(27(43)38-20-5-3-4-18(32)16-20)14-10-24(41)40(30)28-36-15-11-21(17-35)39-28/h1-7,11,15-16,19,25H,8-10,12-14H2,(H,37,42)(H,38,43)/t25-,30?/m1/s1. The lowest BCUT2D eigenvalue weighted by molar-refractivity contribution is -0.132. The van der Waals surface area contributed by atoms with Crippen molar-refractivity contribution in [2.24, 2.45) is 0 Å². The zero-order valence-corrected chi connectivity index (χ0v) is 23.5. The van der Waals surface area contributed by atoms with Gasteiger partial charge in [0.1, 0.15) is 23.1 Å². The van der Waals surface area contributed by atoms with Gasteiger partial charge in [-0.15, -0.1) is 0 Å². The molecule has 2 N–H and O–H groups in total. The molecular formula is C30H26ClF3N6O3. The molecule has 5 rings (SSSR count). The lowest BCUT2D eigenvalue weighted by Crippen LogP contribution is -2.62. The normalized spacial score (nSPS) is 20.7. The zero-order valence-electron chi connectivity index (χ0n) is 22.7.